The molecule has 0 spiro atoms. The zero-order valence-corrected chi connectivity index (χ0v) is 8.26. The highest BCUT2D eigenvalue weighted by Crippen LogP contribution is 2.09. The first-order valence-corrected chi connectivity index (χ1v) is 5.25. The van der Waals surface area contributed by atoms with E-state index in [1.54, 1.807) is 16.9 Å². The fourth-order valence-electron chi connectivity index (χ4n) is 0.898. The van der Waals surface area contributed by atoms with Crippen LogP contribution in [-0.4, -0.2) is 14.4 Å². The van der Waals surface area contributed by atoms with Crippen molar-refractivity contribution in [2.24, 2.45) is 0 Å². The monoisotopic (exact) mass is 213 g/mol. The SMILES string of the molecule is Cc1ccc(S(=O)(=O)NC([NH])=O)cc1. The molecule has 1 aromatic carbocycles. The summed E-state index contributed by atoms with van der Waals surface area (Å²) in [5.41, 5.74) is 7.41. The van der Waals surface area contributed by atoms with E-state index in [2.05, 4.69) is 0 Å². The molecule has 0 saturated heterocycles. The van der Waals surface area contributed by atoms with Crippen molar-refractivity contribution in [3.8, 4) is 0 Å². The van der Waals surface area contributed by atoms with E-state index in [4.69, 9.17) is 5.73 Å². The Kier molecular flexibility index (Phi) is 2.76. The van der Waals surface area contributed by atoms with E-state index in [-0.39, 0.29) is 4.90 Å². The number of hydrogen-bond acceptors (Lipinski definition) is 3. The minimum absolute atomic E-state index is 0.0244. The summed E-state index contributed by atoms with van der Waals surface area (Å²) < 4.78 is 24.2. The molecule has 0 fully saturated rings. The molecule has 5 nitrogen and oxygen atoms in total. The average molecular weight is 213 g/mol. The second kappa shape index (κ2) is 3.67. The topological polar surface area (TPSA) is 87.0 Å². The lowest BCUT2D eigenvalue weighted by Gasteiger charge is -2.03. The number of benzene rings is 1. The zero-order chi connectivity index (χ0) is 10.8. The summed E-state index contributed by atoms with van der Waals surface area (Å²) >= 11 is 0. The lowest BCUT2D eigenvalue weighted by atomic mass is 10.2. The summed E-state index contributed by atoms with van der Waals surface area (Å²) in [6.45, 7) is 1.82. The van der Waals surface area contributed by atoms with E-state index in [1.165, 1.54) is 12.1 Å². The molecule has 1 radical (unpaired) electrons. The minimum Gasteiger partial charge on any atom is -0.247 e. The molecule has 14 heavy (non-hydrogen) atoms. The average Bonchev–Trinajstić information content (AvgIpc) is 2.02. The van der Waals surface area contributed by atoms with Crippen molar-refractivity contribution in [1.29, 1.82) is 0 Å². The van der Waals surface area contributed by atoms with Gasteiger partial charge in [-0.15, -0.1) is 0 Å². The molecule has 2 N–H and O–H groups in total. The normalized spacial score (nSPS) is 10.9. The highest BCUT2D eigenvalue weighted by atomic mass is 32.2. The van der Waals surface area contributed by atoms with Gasteiger partial charge in [-0.2, -0.15) is 0 Å². The van der Waals surface area contributed by atoms with Gasteiger partial charge in [-0.1, -0.05) is 17.7 Å². The third-order valence-corrected chi connectivity index (χ3v) is 2.91. The molecule has 0 aliphatic heterocycles. The second-order valence-electron chi connectivity index (χ2n) is 2.75. The number of urea groups is 1. The lowest BCUT2D eigenvalue weighted by Crippen LogP contribution is -2.29. The van der Waals surface area contributed by atoms with Gasteiger partial charge in [0.25, 0.3) is 10.0 Å². The van der Waals surface area contributed by atoms with Crippen molar-refractivity contribution in [2.75, 3.05) is 0 Å². The van der Waals surface area contributed by atoms with Crippen LogP contribution in [0.4, 0.5) is 4.79 Å². The fraction of sp³-hybridized carbons (Fsp3) is 0.125. The number of aryl methyl sites for hydroxylation is 1. The summed E-state index contributed by atoms with van der Waals surface area (Å²) in [5, 5.41) is 0. The Morgan fingerprint density at radius 2 is 1.79 bits per heavy atom. The van der Waals surface area contributed by atoms with Gasteiger partial charge in [0.1, 0.15) is 0 Å². The second-order valence-corrected chi connectivity index (χ2v) is 4.43. The molecular weight excluding hydrogens is 204 g/mol. The van der Waals surface area contributed by atoms with Crippen LogP contribution in [0.5, 0.6) is 0 Å². The Labute approximate surface area is 82.0 Å². The smallest absolute Gasteiger partial charge is 0.247 e. The number of amides is 2. The van der Waals surface area contributed by atoms with E-state index in [0.29, 0.717) is 0 Å². The molecule has 2 amide bonds. The van der Waals surface area contributed by atoms with Gasteiger partial charge in [-0.25, -0.2) is 23.7 Å². The van der Waals surface area contributed by atoms with Crippen LogP contribution in [0.25, 0.3) is 0 Å². The molecule has 1 rings (SSSR count). The Morgan fingerprint density at radius 1 is 1.29 bits per heavy atom. The maximum atomic E-state index is 11.3. The van der Waals surface area contributed by atoms with Crippen LogP contribution in [0.3, 0.4) is 0 Å². The van der Waals surface area contributed by atoms with Gasteiger partial charge in [-0.05, 0) is 19.1 Å². The van der Waals surface area contributed by atoms with Gasteiger partial charge in [-0.3, -0.25) is 0 Å². The van der Waals surface area contributed by atoms with Crippen LogP contribution in [0, 0.1) is 6.92 Å². The van der Waals surface area contributed by atoms with Crippen molar-refractivity contribution in [2.45, 2.75) is 11.8 Å². The van der Waals surface area contributed by atoms with Gasteiger partial charge in [0.05, 0.1) is 4.90 Å². The van der Waals surface area contributed by atoms with Crippen molar-refractivity contribution >= 4 is 16.1 Å². The van der Waals surface area contributed by atoms with Gasteiger partial charge >= 0.3 is 6.03 Å². The molecule has 6 heteroatoms. The van der Waals surface area contributed by atoms with E-state index in [9.17, 15) is 13.2 Å². The molecule has 75 valence electrons. The Balaban J connectivity index is 3.05. The van der Waals surface area contributed by atoms with Crippen LogP contribution >= 0.6 is 0 Å². The van der Waals surface area contributed by atoms with Crippen LogP contribution in [0.15, 0.2) is 29.2 Å². The summed E-state index contributed by atoms with van der Waals surface area (Å²) in [7, 11) is -3.86. The Morgan fingerprint density at radius 3 is 2.21 bits per heavy atom. The summed E-state index contributed by atoms with van der Waals surface area (Å²) in [6, 6.07) is 4.64. The van der Waals surface area contributed by atoms with Gasteiger partial charge in [0.15, 0.2) is 0 Å². The number of sulfonamides is 1. The number of carbonyl (C=O) groups is 1. The fourth-order valence-corrected chi connectivity index (χ4v) is 1.75. The first-order valence-electron chi connectivity index (χ1n) is 3.77. The molecule has 0 aromatic heterocycles. The molecular formula is C8H9N2O3S. The van der Waals surface area contributed by atoms with E-state index in [1.807, 2.05) is 6.92 Å². The molecule has 0 unspecified atom stereocenters. The number of hydrogen-bond donors (Lipinski definition) is 1. The highest BCUT2D eigenvalue weighted by Gasteiger charge is 2.15. The van der Waals surface area contributed by atoms with Gasteiger partial charge in [0.2, 0.25) is 0 Å². The largest absolute Gasteiger partial charge is 0.347 e. The molecule has 0 heterocycles. The lowest BCUT2D eigenvalue weighted by molar-refractivity contribution is 0.252. The van der Waals surface area contributed by atoms with Crippen molar-refractivity contribution in [3.63, 3.8) is 0 Å². The van der Waals surface area contributed by atoms with Crippen molar-refractivity contribution in [1.82, 2.24) is 10.5 Å². The Hall–Kier alpha value is -1.56. The van der Waals surface area contributed by atoms with Crippen LogP contribution in [0.1, 0.15) is 5.56 Å². The molecule has 0 saturated carbocycles. The van der Waals surface area contributed by atoms with E-state index in [0.717, 1.165) is 5.56 Å². The van der Waals surface area contributed by atoms with E-state index >= 15 is 0 Å². The summed E-state index contributed by atoms with van der Waals surface area (Å²) in [6.07, 6.45) is 0. The van der Waals surface area contributed by atoms with E-state index < -0.39 is 16.1 Å². The molecule has 0 atom stereocenters. The van der Waals surface area contributed by atoms with Gasteiger partial charge in [0, 0.05) is 0 Å². The predicted octanol–water partition coefficient (Wildman–Crippen LogP) is 0.676. The third kappa shape index (κ3) is 2.46. The summed E-state index contributed by atoms with van der Waals surface area (Å²) in [4.78, 5) is 10.3. The number of rotatable bonds is 2. The van der Waals surface area contributed by atoms with Crippen LogP contribution < -0.4 is 10.5 Å². The third-order valence-electron chi connectivity index (χ3n) is 1.56. The van der Waals surface area contributed by atoms with Gasteiger partial charge < -0.3 is 0 Å². The van der Waals surface area contributed by atoms with Crippen LogP contribution in [0.2, 0.25) is 0 Å². The quantitative estimate of drug-likeness (QED) is 0.783. The minimum atomic E-state index is -3.86. The maximum Gasteiger partial charge on any atom is 0.347 e. The number of nitrogens with one attached hydrogen (secondary N) is 2. The first-order chi connectivity index (χ1) is 6.42. The number of carbonyl (C=O) groups excluding carboxylic acids is 1. The molecule has 1 aromatic rings. The highest BCUT2D eigenvalue weighted by molar-refractivity contribution is 7.90. The zero-order valence-electron chi connectivity index (χ0n) is 7.44. The predicted molar refractivity (Wildman–Crippen MR) is 50.0 cm³/mol. The first kappa shape index (κ1) is 10.5. The van der Waals surface area contributed by atoms with Crippen molar-refractivity contribution < 1.29 is 13.2 Å². The standard InChI is InChI=1S/C8H9N2O3S/c1-6-2-4-7(5-3-6)14(12,13)10-8(9)11/h2-5,9H,1H3,(H,10,11). The molecule has 0 bridgehead atoms. The molecule has 0 aliphatic carbocycles. The summed E-state index contributed by atoms with van der Waals surface area (Å²) in [5.74, 6) is 0. The van der Waals surface area contributed by atoms with Crippen LogP contribution in [-0.2, 0) is 10.0 Å². The Bertz CT molecular complexity index is 436. The molecule has 0 aliphatic rings. The maximum absolute atomic E-state index is 11.3. The van der Waals surface area contributed by atoms with Crippen molar-refractivity contribution in [3.05, 3.63) is 29.8 Å².